The average Bonchev–Trinajstić information content (AvgIpc) is 2.42. The number of hydrogen-bond acceptors (Lipinski definition) is 3. The Labute approximate surface area is 126 Å². The number of ether oxygens (including phenoxy) is 1. The van der Waals surface area contributed by atoms with Crippen LogP contribution in [0.15, 0.2) is 24.3 Å². The Morgan fingerprint density at radius 1 is 1.30 bits per heavy atom. The van der Waals surface area contributed by atoms with E-state index in [4.69, 9.17) is 10.5 Å². The molecule has 5 heteroatoms. The van der Waals surface area contributed by atoms with E-state index in [1.54, 1.807) is 0 Å². The molecule has 0 aromatic heterocycles. The SMILES string of the molecule is CCOc1ccc(CC(=O)N2CCC(N)CC2)cc1.Cl. The van der Waals surface area contributed by atoms with Gasteiger partial charge >= 0.3 is 0 Å². The first kappa shape index (κ1) is 16.8. The van der Waals surface area contributed by atoms with Crippen LogP contribution in [0.3, 0.4) is 0 Å². The standard InChI is InChI=1S/C15H22N2O2.ClH/c1-2-19-14-5-3-12(4-6-14)11-15(18)17-9-7-13(16)8-10-17;/h3-6,13H,2,7-11,16H2,1H3;1H. The van der Waals surface area contributed by atoms with E-state index in [9.17, 15) is 4.79 Å². The highest BCUT2D eigenvalue weighted by Gasteiger charge is 2.20. The van der Waals surface area contributed by atoms with Crippen LogP contribution in [0, 0.1) is 0 Å². The van der Waals surface area contributed by atoms with Gasteiger partial charge in [0, 0.05) is 19.1 Å². The number of halogens is 1. The number of hydrogen-bond donors (Lipinski definition) is 1. The van der Waals surface area contributed by atoms with Crippen LogP contribution in [0.4, 0.5) is 0 Å². The smallest absolute Gasteiger partial charge is 0.226 e. The van der Waals surface area contributed by atoms with Crippen molar-refractivity contribution in [2.75, 3.05) is 19.7 Å². The number of nitrogens with two attached hydrogens (primary N) is 1. The van der Waals surface area contributed by atoms with Gasteiger partial charge in [-0.15, -0.1) is 12.4 Å². The van der Waals surface area contributed by atoms with Crippen molar-refractivity contribution < 1.29 is 9.53 Å². The van der Waals surface area contributed by atoms with Crippen molar-refractivity contribution in [3.63, 3.8) is 0 Å². The van der Waals surface area contributed by atoms with Crippen LogP contribution in [-0.2, 0) is 11.2 Å². The minimum Gasteiger partial charge on any atom is -0.494 e. The summed E-state index contributed by atoms with van der Waals surface area (Å²) >= 11 is 0. The summed E-state index contributed by atoms with van der Waals surface area (Å²) in [7, 11) is 0. The number of likely N-dealkylation sites (tertiary alicyclic amines) is 1. The Balaban J connectivity index is 0.00000200. The van der Waals surface area contributed by atoms with E-state index in [1.807, 2.05) is 36.1 Å². The summed E-state index contributed by atoms with van der Waals surface area (Å²) in [5.41, 5.74) is 6.87. The monoisotopic (exact) mass is 298 g/mol. The maximum Gasteiger partial charge on any atom is 0.226 e. The van der Waals surface area contributed by atoms with E-state index in [2.05, 4.69) is 0 Å². The van der Waals surface area contributed by atoms with Gasteiger partial charge < -0.3 is 15.4 Å². The Kier molecular flexibility index (Phi) is 6.82. The zero-order chi connectivity index (χ0) is 13.7. The molecule has 4 nitrogen and oxygen atoms in total. The molecular formula is C15H23ClN2O2. The molecule has 0 aliphatic carbocycles. The molecule has 2 N–H and O–H groups in total. The minimum absolute atomic E-state index is 0. The van der Waals surface area contributed by atoms with Crippen LogP contribution in [0.2, 0.25) is 0 Å². The molecule has 0 saturated carbocycles. The normalized spacial score (nSPS) is 15.6. The zero-order valence-corrected chi connectivity index (χ0v) is 12.7. The molecule has 1 aliphatic rings. The number of rotatable bonds is 4. The summed E-state index contributed by atoms with van der Waals surface area (Å²) in [5.74, 6) is 1.04. The lowest BCUT2D eigenvalue weighted by molar-refractivity contribution is -0.131. The molecule has 0 radical (unpaired) electrons. The van der Waals surface area contributed by atoms with Gasteiger partial charge in [-0.3, -0.25) is 4.79 Å². The molecule has 1 heterocycles. The quantitative estimate of drug-likeness (QED) is 0.925. The highest BCUT2D eigenvalue weighted by atomic mass is 35.5. The fraction of sp³-hybridized carbons (Fsp3) is 0.533. The van der Waals surface area contributed by atoms with Gasteiger partial charge in [-0.05, 0) is 37.5 Å². The molecular weight excluding hydrogens is 276 g/mol. The van der Waals surface area contributed by atoms with Gasteiger partial charge in [0.05, 0.1) is 13.0 Å². The second kappa shape index (κ2) is 8.12. The van der Waals surface area contributed by atoms with E-state index in [0.29, 0.717) is 13.0 Å². The third-order valence-corrected chi connectivity index (χ3v) is 3.48. The largest absolute Gasteiger partial charge is 0.494 e. The van der Waals surface area contributed by atoms with Crippen LogP contribution >= 0.6 is 12.4 Å². The third-order valence-electron chi connectivity index (χ3n) is 3.48. The van der Waals surface area contributed by atoms with Crippen molar-refractivity contribution >= 4 is 18.3 Å². The number of amides is 1. The third kappa shape index (κ3) is 4.69. The van der Waals surface area contributed by atoms with Crippen molar-refractivity contribution in [2.24, 2.45) is 5.73 Å². The van der Waals surface area contributed by atoms with Gasteiger partial charge in [0.15, 0.2) is 0 Å². The van der Waals surface area contributed by atoms with Crippen molar-refractivity contribution in [2.45, 2.75) is 32.2 Å². The Hall–Kier alpha value is -1.26. The van der Waals surface area contributed by atoms with Gasteiger partial charge in [-0.2, -0.15) is 0 Å². The molecule has 1 saturated heterocycles. The Morgan fingerprint density at radius 3 is 2.45 bits per heavy atom. The second-order valence-electron chi connectivity index (χ2n) is 4.97. The second-order valence-corrected chi connectivity index (χ2v) is 4.97. The van der Waals surface area contributed by atoms with Crippen molar-refractivity contribution in [3.05, 3.63) is 29.8 Å². The summed E-state index contributed by atoms with van der Waals surface area (Å²) in [4.78, 5) is 14.1. The van der Waals surface area contributed by atoms with E-state index in [1.165, 1.54) is 0 Å². The number of piperidine rings is 1. The summed E-state index contributed by atoms with van der Waals surface area (Å²) < 4.78 is 5.38. The minimum atomic E-state index is 0. The van der Waals surface area contributed by atoms with Crippen molar-refractivity contribution in [1.29, 1.82) is 0 Å². The summed E-state index contributed by atoms with van der Waals surface area (Å²) in [6.07, 6.45) is 2.28. The maximum atomic E-state index is 12.1. The molecule has 0 unspecified atom stereocenters. The molecule has 1 fully saturated rings. The molecule has 20 heavy (non-hydrogen) atoms. The molecule has 0 bridgehead atoms. The van der Waals surface area contributed by atoms with Gasteiger partial charge in [0.1, 0.15) is 5.75 Å². The first-order valence-electron chi connectivity index (χ1n) is 6.94. The summed E-state index contributed by atoms with van der Waals surface area (Å²) in [5, 5.41) is 0. The average molecular weight is 299 g/mol. The number of carbonyl (C=O) groups excluding carboxylic acids is 1. The highest BCUT2D eigenvalue weighted by molar-refractivity contribution is 5.85. The lowest BCUT2D eigenvalue weighted by Gasteiger charge is -2.30. The fourth-order valence-corrected chi connectivity index (χ4v) is 2.31. The van der Waals surface area contributed by atoms with E-state index < -0.39 is 0 Å². The van der Waals surface area contributed by atoms with Crippen LogP contribution in [0.25, 0.3) is 0 Å². The number of nitrogens with zero attached hydrogens (tertiary/aromatic N) is 1. The molecule has 2 rings (SSSR count). The van der Waals surface area contributed by atoms with Crippen LogP contribution < -0.4 is 10.5 Å². The highest BCUT2D eigenvalue weighted by Crippen LogP contribution is 2.14. The molecule has 1 aromatic carbocycles. The molecule has 0 spiro atoms. The van der Waals surface area contributed by atoms with Gasteiger partial charge in [0.2, 0.25) is 5.91 Å². The van der Waals surface area contributed by atoms with E-state index >= 15 is 0 Å². The molecule has 1 aliphatic heterocycles. The van der Waals surface area contributed by atoms with Crippen LogP contribution in [-0.4, -0.2) is 36.5 Å². The topological polar surface area (TPSA) is 55.6 Å². The number of carbonyl (C=O) groups is 1. The molecule has 0 atom stereocenters. The lowest BCUT2D eigenvalue weighted by Crippen LogP contribution is -2.43. The predicted octanol–water partition coefficient (Wildman–Crippen LogP) is 2.00. The van der Waals surface area contributed by atoms with Crippen molar-refractivity contribution in [3.8, 4) is 5.75 Å². The van der Waals surface area contributed by atoms with E-state index in [0.717, 1.165) is 37.2 Å². The van der Waals surface area contributed by atoms with Gasteiger partial charge in [-0.25, -0.2) is 0 Å². The summed E-state index contributed by atoms with van der Waals surface area (Å²) in [6, 6.07) is 8.00. The Bertz CT molecular complexity index is 414. The first-order valence-corrected chi connectivity index (χ1v) is 6.94. The molecule has 1 aromatic rings. The zero-order valence-electron chi connectivity index (χ0n) is 11.9. The van der Waals surface area contributed by atoms with Gasteiger partial charge in [-0.1, -0.05) is 12.1 Å². The molecule has 112 valence electrons. The molecule has 1 amide bonds. The first-order chi connectivity index (χ1) is 9.19. The van der Waals surface area contributed by atoms with Crippen LogP contribution in [0.5, 0.6) is 5.75 Å². The van der Waals surface area contributed by atoms with E-state index in [-0.39, 0.29) is 24.4 Å². The lowest BCUT2D eigenvalue weighted by atomic mass is 10.0. The maximum absolute atomic E-state index is 12.1. The predicted molar refractivity (Wildman–Crippen MR) is 82.4 cm³/mol. The van der Waals surface area contributed by atoms with Gasteiger partial charge in [0.25, 0.3) is 0 Å². The Morgan fingerprint density at radius 2 is 1.90 bits per heavy atom. The van der Waals surface area contributed by atoms with Crippen molar-refractivity contribution in [1.82, 2.24) is 4.90 Å². The summed E-state index contributed by atoms with van der Waals surface area (Å²) in [6.45, 7) is 4.19. The number of benzene rings is 1. The fourth-order valence-electron chi connectivity index (χ4n) is 2.31. The van der Waals surface area contributed by atoms with Crippen LogP contribution in [0.1, 0.15) is 25.3 Å².